The molecule has 0 aromatic heterocycles. The van der Waals surface area contributed by atoms with Gasteiger partial charge in [-0.2, -0.15) is 0 Å². The number of nitrogens with one attached hydrogen (secondary N) is 1. The summed E-state index contributed by atoms with van der Waals surface area (Å²) in [6, 6.07) is 5.22. The van der Waals surface area contributed by atoms with Gasteiger partial charge in [0.05, 0.1) is 6.61 Å². The molecule has 1 rings (SSSR count). The van der Waals surface area contributed by atoms with Crippen molar-refractivity contribution in [3.8, 4) is 5.75 Å². The summed E-state index contributed by atoms with van der Waals surface area (Å²) in [6.45, 7) is 6.95. The van der Waals surface area contributed by atoms with Gasteiger partial charge in [0.15, 0.2) is 0 Å². The van der Waals surface area contributed by atoms with E-state index in [4.69, 9.17) is 4.74 Å². The standard InChI is InChI=1S/C15H22BrNO3/c1-4-7-20-13-6-5-12(16)8-11(13)9-17-14(10(2)3)15(18)19/h5-6,8,10,14,17H,4,7,9H2,1-3H3,(H,18,19). The summed E-state index contributed by atoms with van der Waals surface area (Å²) in [5.41, 5.74) is 0.958. The second-order valence-corrected chi connectivity index (χ2v) is 5.96. The zero-order chi connectivity index (χ0) is 15.1. The van der Waals surface area contributed by atoms with Crippen LogP contribution in [0.4, 0.5) is 0 Å². The van der Waals surface area contributed by atoms with Crippen molar-refractivity contribution in [2.24, 2.45) is 5.92 Å². The van der Waals surface area contributed by atoms with Gasteiger partial charge in [0.1, 0.15) is 11.8 Å². The topological polar surface area (TPSA) is 58.6 Å². The Morgan fingerprint density at radius 1 is 1.45 bits per heavy atom. The molecule has 0 radical (unpaired) electrons. The third-order valence-corrected chi connectivity index (χ3v) is 3.42. The molecular weight excluding hydrogens is 322 g/mol. The van der Waals surface area contributed by atoms with Gasteiger partial charge < -0.3 is 9.84 Å². The highest BCUT2D eigenvalue weighted by atomic mass is 79.9. The second kappa shape index (κ2) is 8.27. The number of ether oxygens (including phenoxy) is 1. The number of carbonyl (C=O) groups is 1. The number of carboxylic acid groups (broad SMARTS) is 1. The molecule has 0 saturated heterocycles. The molecule has 4 nitrogen and oxygen atoms in total. The first kappa shape index (κ1) is 17.0. The number of aliphatic carboxylic acids is 1. The number of hydrogen-bond donors (Lipinski definition) is 2. The van der Waals surface area contributed by atoms with Crippen LogP contribution in [0.5, 0.6) is 5.75 Å². The molecule has 0 aliphatic rings. The normalized spacial score (nSPS) is 12.4. The summed E-state index contributed by atoms with van der Waals surface area (Å²) in [4.78, 5) is 11.2. The lowest BCUT2D eigenvalue weighted by Crippen LogP contribution is -2.40. The molecule has 0 spiro atoms. The molecule has 0 aliphatic carbocycles. The maximum Gasteiger partial charge on any atom is 0.320 e. The van der Waals surface area contributed by atoms with Crippen LogP contribution in [0.25, 0.3) is 0 Å². The lowest BCUT2D eigenvalue weighted by molar-refractivity contribution is -0.140. The third-order valence-electron chi connectivity index (χ3n) is 2.93. The summed E-state index contributed by atoms with van der Waals surface area (Å²) < 4.78 is 6.64. The summed E-state index contributed by atoms with van der Waals surface area (Å²) >= 11 is 3.43. The lowest BCUT2D eigenvalue weighted by atomic mass is 10.0. The van der Waals surface area contributed by atoms with Crippen LogP contribution in [0.2, 0.25) is 0 Å². The summed E-state index contributed by atoms with van der Waals surface area (Å²) in [5, 5.41) is 12.3. The molecule has 1 aromatic rings. The molecule has 0 bridgehead atoms. The van der Waals surface area contributed by atoms with Crippen LogP contribution in [0.1, 0.15) is 32.8 Å². The van der Waals surface area contributed by atoms with Gasteiger partial charge >= 0.3 is 5.97 Å². The lowest BCUT2D eigenvalue weighted by Gasteiger charge is -2.19. The zero-order valence-electron chi connectivity index (χ0n) is 12.1. The molecule has 1 aromatic carbocycles. The van der Waals surface area contributed by atoms with Crippen molar-refractivity contribution >= 4 is 21.9 Å². The molecule has 0 saturated carbocycles. The minimum absolute atomic E-state index is 0.0275. The van der Waals surface area contributed by atoms with Gasteiger partial charge in [-0.25, -0.2) is 0 Å². The van der Waals surface area contributed by atoms with Crippen LogP contribution in [0.3, 0.4) is 0 Å². The van der Waals surface area contributed by atoms with Crippen molar-refractivity contribution in [1.29, 1.82) is 0 Å². The fraction of sp³-hybridized carbons (Fsp3) is 0.533. The van der Waals surface area contributed by atoms with Gasteiger partial charge in [-0.3, -0.25) is 10.1 Å². The minimum Gasteiger partial charge on any atom is -0.493 e. The Balaban J connectivity index is 2.79. The largest absolute Gasteiger partial charge is 0.493 e. The van der Waals surface area contributed by atoms with Gasteiger partial charge in [-0.05, 0) is 30.5 Å². The molecule has 20 heavy (non-hydrogen) atoms. The first-order valence-corrected chi connectivity index (χ1v) is 7.62. The number of benzene rings is 1. The monoisotopic (exact) mass is 343 g/mol. The van der Waals surface area contributed by atoms with Gasteiger partial charge in [0.25, 0.3) is 0 Å². The van der Waals surface area contributed by atoms with Crippen molar-refractivity contribution in [3.63, 3.8) is 0 Å². The van der Waals surface area contributed by atoms with E-state index in [1.807, 2.05) is 32.0 Å². The smallest absolute Gasteiger partial charge is 0.320 e. The van der Waals surface area contributed by atoms with Gasteiger partial charge in [-0.15, -0.1) is 0 Å². The van der Waals surface area contributed by atoms with E-state index in [-0.39, 0.29) is 5.92 Å². The van der Waals surface area contributed by atoms with Crippen molar-refractivity contribution in [1.82, 2.24) is 5.32 Å². The van der Waals surface area contributed by atoms with Crippen molar-refractivity contribution < 1.29 is 14.6 Å². The number of hydrogen-bond acceptors (Lipinski definition) is 3. The molecule has 2 N–H and O–H groups in total. The second-order valence-electron chi connectivity index (χ2n) is 5.04. The summed E-state index contributed by atoms with van der Waals surface area (Å²) in [5.74, 6) is 0.00105. The van der Waals surface area contributed by atoms with Crippen LogP contribution < -0.4 is 10.1 Å². The Kier molecular flexibility index (Phi) is 7.02. The summed E-state index contributed by atoms with van der Waals surface area (Å²) in [7, 11) is 0. The zero-order valence-corrected chi connectivity index (χ0v) is 13.7. The third kappa shape index (κ3) is 5.13. The van der Waals surface area contributed by atoms with Crippen LogP contribution in [-0.4, -0.2) is 23.7 Å². The van der Waals surface area contributed by atoms with Crippen molar-refractivity contribution in [2.75, 3.05) is 6.61 Å². The highest BCUT2D eigenvalue weighted by molar-refractivity contribution is 9.10. The summed E-state index contributed by atoms with van der Waals surface area (Å²) in [6.07, 6.45) is 0.937. The van der Waals surface area contributed by atoms with E-state index in [9.17, 15) is 9.90 Å². The Bertz CT molecular complexity index is 449. The molecule has 0 fully saturated rings. The van der Waals surface area contributed by atoms with E-state index in [0.29, 0.717) is 13.2 Å². The van der Waals surface area contributed by atoms with Crippen molar-refractivity contribution in [2.45, 2.75) is 39.8 Å². The van der Waals surface area contributed by atoms with E-state index >= 15 is 0 Å². The number of rotatable bonds is 8. The average molecular weight is 344 g/mol. The Morgan fingerprint density at radius 2 is 2.15 bits per heavy atom. The first-order valence-electron chi connectivity index (χ1n) is 6.83. The molecule has 0 aliphatic heterocycles. The van der Waals surface area contributed by atoms with Crippen LogP contribution in [-0.2, 0) is 11.3 Å². The Labute approximate surface area is 128 Å². The molecule has 112 valence electrons. The van der Waals surface area contributed by atoms with Gasteiger partial charge in [0, 0.05) is 16.6 Å². The highest BCUT2D eigenvalue weighted by Crippen LogP contribution is 2.23. The minimum atomic E-state index is -0.828. The van der Waals surface area contributed by atoms with E-state index < -0.39 is 12.0 Å². The highest BCUT2D eigenvalue weighted by Gasteiger charge is 2.21. The maximum atomic E-state index is 11.2. The number of halogens is 1. The predicted molar refractivity (Wildman–Crippen MR) is 83.0 cm³/mol. The van der Waals surface area contributed by atoms with Gasteiger partial charge in [0.2, 0.25) is 0 Å². The van der Waals surface area contributed by atoms with E-state index in [2.05, 4.69) is 28.2 Å². The maximum absolute atomic E-state index is 11.2. The van der Waals surface area contributed by atoms with Crippen LogP contribution in [0, 0.1) is 5.92 Å². The first-order chi connectivity index (χ1) is 9.45. The van der Waals surface area contributed by atoms with Crippen LogP contribution >= 0.6 is 15.9 Å². The average Bonchev–Trinajstić information content (AvgIpc) is 2.37. The molecule has 5 heteroatoms. The Morgan fingerprint density at radius 3 is 2.70 bits per heavy atom. The fourth-order valence-electron chi connectivity index (χ4n) is 1.87. The van der Waals surface area contributed by atoms with E-state index in [1.54, 1.807) is 0 Å². The van der Waals surface area contributed by atoms with Gasteiger partial charge in [-0.1, -0.05) is 36.7 Å². The van der Waals surface area contributed by atoms with Crippen LogP contribution in [0.15, 0.2) is 22.7 Å². The van der Waals surface area contributed by atoms with E-state index in [0.717, 1.165) is 22.2 Å². The van der Waals surface area contributed by atoms with E-state index in [1.165, 1.54) is 0 Å². The predicted octanol–water partition coefficient (Wildman–Crippen LogP) is 3.44. The Hall–Kier alpha value is -1.07. The molecule has 0 heterocycles. The molecule has 1 atom stereocenters. The number of carboxylic acids is 1. The molecule has 0 amide bonds. The van der Waals surface area contributed by atoms with Crippen molar-refractivity contribution in [3.05, 3.63) is 28.2 Å². The quantitative estimate of drug-likeness (QED) is 0.759. The molecule has 1 unspecified atom stereocenters. The SMILES string of the molecule is CCCOc1ccc(Br)cc1CNC(C(=O)O)C(C)C. The molecular formula is C15H22BrNO3. The fourth-order valence-corrected chi connectivity index (χ4v) is 2.28.